The fourth-order valence-electron chi connectivity index (χ4n) is 1.94. The number of non-ortho nitro benzene ring substituents is 1. The van der Waals surface area contributed by atoms with Crippen LogP contribution in [0.5, 0.6) is 11.5 Å². The van der Waals surface area contributed by atoms with Crippen LogP contribution < -0.4 is 20.1 Å². The number of anilines is 1. The summed E-state index contributed by atoms with van der Waals surface area (Å²) in [5.41, 5.74) is 0.250. The second-order valence-electron chi connectivity index (χ2n) is 4.69. The van der Waals surface area contributed by atoms with Crippen LogP contribution in [0.25, 0.3) is 0 Å². The highest BCUT2D eigenvalue weighted by Gasteiger charge is 2.08. The molecule has 0 aromatic heterocycles. The first-order chi connectivity index (χ1) is 11.6. The number of nitrogens with one attached hydrogen (secondary N) is 2. The second kappa shape index (κ2) is 8.37. The van der Waals surface area contributed by atoms with E-state index in [1.807, 2.05) is 12.1 Å². The fraction of sp³-hybridized carbons (Fsp3) is 0.188. The van der Waals surface area contributed by atoms with Gasteiger partial charge in [-0.25, -0.2) is 4.79 Å². The van der Waals surface area contributed by atoms with E-state index in [-0.39, 0.29) is 18.8 Å². The van der Waals surface area contributed by atoms with Crippen molar-refractivity contribution in [2.24, 2.45) is 0 Å². The van der Waals surface area contributed by atoms with Crippen molar-refractivity contribution in [3.05, 3.63) is 58.6 Å². The monoisotopic (exact) mass is 331 g/mol. The van der Waals surface area contributed by atoms with Crippen LogP contribution in [0.15, 0.2) is 48.5 Å². The summed E-state index contributed by atoms with van der Waals surface area (Å²) in [7, 11) is 1.55. The first kappa shape index (κ1) is 17.1. The van der Waals surface area contributed by atoms with Gasteiger partial charge in [-0.2, -0.15) is 0 Å². The van der Waals surface area contributed by atoms with E-state index in [4.69, 9.17) is 9.47 Å². The minimum absolute atomic E-state index is 0.0905. The number of carbonyl (C=O) groups excluding carboxylic acids is 1. The number of ether oxygens (including phenoxy) is 2. The normalized spacial score (nSPS) is 9.88. The Bertz CT molecular complexity index is 720. The van der Waals surface area contributed by atoms with Gasteiger partial charge < -0.3 is 20.1 Å². The van der Waals surface area contributed by atoms with Crippen LogP contribution in [-0.4, -0.2) is 31.2 Å². The molecule has 0 fully saturated rings. The summed E-state index contributed by atoms with van der Waals surface area (Å²) in [6, 6.07) is 12.4. The van der Waals surface area contributed by atoms with E-state index in [1.165, 1.54) is 18.2 Å². The first-order valence-corrected chi connectivity index (χ1v) is 7.15. The molecule has 2 N–H and O–H groups in total. The molecule has 0 aliphatic heterocycles. The molecule has 0 atom stereocenters. The number of para-hydroxylation sites is 2. The van der Waals surface area contributed by atoms with Crippen LogP contribution in [-0.2, 0) is 0 Å². The molecule has 0 bridgehead atoms. The Hall–Kier alpha value is -3.29. The van der Waals surface area contributed by atoms with E-state index in [2.05, 4.69) is 10.6 Å². The van der Waals surface area contributed by atoms with E-state index in [9.17, 15) is 14.9 Å². The molecular weight excluding hydrogens is 314 g/mol. The molecule has 24 heavy (non-hydrogen) atoms. The van der Waals surface area contributed by atoms with Crippen molar-refractivity contribution in [3.63, 3.8) is 0 Å². The van der Waals surface area contributed by atoms with Gasteiger partial charge >= 0.3 is 6.03 Å². The van der Waals surface area contributed by atoms with Gasteiger partial charge in [0.25, 0.3) is 5.69 Å². The summed E-state index contributed by atoms with van der Waals surface area (Å²) in [4.78, 5) is 21.9. The van der Waals surface area contributed by atoms with Gasteiger partial charge in [0.1, 0.15) is 6.61 Å². The molecular formula is C16H17N3O5. The summed E-state index contributed by atoms with van der Waals surface area (Å²) in [5.74, 6) is 1.19. The van der Waals surface area contributed by atoms with Crippen molar-refractivity contribution in [1.82, 2.24) is 5.32 Å². The van der Waals surface area contributed by atoms with Crippen LogP contribution >= 0.6 is 0 Å². The molecule has 0 aliphatic carbocycles. The number of nitrogens with zero attached hydrogens (tertiary/aromatic N) is 1. The van der Waals surface area contributed by atoms with Gasteiger partial charge in [-0.05, 0) is 18.2 Å². The third-order valence-corrected chi connectivity index (χ3v) is 3.03. The van der Waals surface area contributed by atoms with E-state index in [1.54, 1.807) is 25.3 Å². The number of benzene rings is 2. The van der Waals surface area contributed by atoms with Crippen molar-refractivity contribution in [2.45, 2.75) is 0 Å². The smallest absolute Gasteiger partial charge is 0.319 e. The molecule has 0 heterocycles. The molecule has 0 saturated carbocycles. The Morgan fingerprint density at radius 1 is 1.17 bits per heavy atom. The van der Waals surface area contributed by atoms with Crippen LogP contribution in [0.3, 0.4) is 0 Å². The maximum atomic E-state index is 11.8. The number of hydrogen-bond acceptors (Lipinski definition) is 5. The predicted octanol–water partition coefficient (Wildman–Crippen LogP) is 2.80. The van der Waals surface area contributed by atoms with Crippen molar-refractivity contribution >= 4 is 17.4 Å². The Morgan fingerprint density at radius 2 is 1.92 bits per heavy atom. The number of carbonyl (C=O) groups is 1. The molecule has 0 spiro atoms. The number of nitro benzene ring substituents is 1. The number of rotatable bonds is 7. The molecule has 0 unspecified atom stereocenters. The summed E-state index contributed by atoms with van der Waals surface area (Å²) < 4.78 is 10.7. The van der Waals surface area contributed by atoms with Crippen molar-refractivity contribution < 1.29 is 19.2 Å². The molecule has 2 aromatic carbocycles. The van der Waals surface area contributed by atoms with Crippen LogP contribution in [0.1, 0.15) is 0 Å². The van der Waals surface area contributed by atoms with E-state index in [0.29, 0.717) is 17.2 Å². The summed E-state index contributed by atoms with van der Waals surface area (Å²) in [6.07, 6.45) is 0. The zero-order valence-corrected chi connectivity index (χ0v) is 13.0. The maximum Gasteiger partial charge on any atom is 0.319 e. The number of urea groups is 1. The lowest BCUT2D eigenvalue weighted by Gasteiger charge is -2.11. The zero-order chi connectivity index (χ0) is 17.4. The van der Waals surface area contributed by atoms with E-state index < -0.39 is 11.0 Å². The predicted molar refractivity (Wildman–Crippen MR) is 88.6 cm³/mol. The molecule has 0 aliphatic rings. The van der Waals surface area contributed by atoms with Crippen LogP contribution in [0.4, 0.5) is 16.2 Å². The highest BCUT2D eigenvalue weighted by molar-refractivity contribution is 5.89. The van der Waals surface area contributed by atoms with Crippen LogP contribution in [0.2, 0.25) is 0 Å². The van der Waals surface area contributed by atoms with Crippen molar-refractivity contribution in [3.8, 4) is 11.5 Å². The van der Waals surface area contributed by atoms with Gasteiger partial charge in [-0.1, -0.05) is 18.2 Å². The van der Waals surface area contributed by atoms with Gasteiger partial charge in [0.15, 0.2) is 11.5 Å². The topological polar surface area (TPSA) is 103 Å². The second-order valence-corrected chi connectivity index (χ2v) is 4.69. The standard InChI is InChI=1S/C16H17N3O5/c1-23-14-7-2-3-8-15(14)24-10-9-17-16(20)18-12-5-4-6-13(11-12)19(21)22/h2-8,11H,9-10H2,1H3,(H2,17,18,20). The largest absolute Gasteiger partial charge is 0.493 e. The molecule has 126 valence electrons. The van der Waals surface area contributed by atoms with Gasteiger partial charge in [0.2, 0.25) is 0 Å². The summed E-state index contributed by atoms with van der Waals surface area (Å²) in [6.45, 7) is 0.515. The molecule has 8 nitrogen and oxygen atoms in total. The number of methoxy groups -OCH3 is 1. The van der Waals surface area contributed by atoms with Gasteiger partial charge in [-0.3, -0.25) is 10.1 Å². The Morgan fingerprint density at radius 3 is 2.62 bits per heavy atom. The lowest BCUT2D eigenvalue weighted by atomic mass is 10.3. The van der Waals surface area contributed by atoms with Gasteiger partial charge in [-0.15, -0.1) is 0 Å². The molecule has 8 heteroatoms. The van der Waals surface area contributed by atoms with E-state index in [0.717, 1.165) is 0 Å². The number of hydrogen-bond donors (Lipinski definition) is 2. The highest BCUT2D eigenvalue weighted by atomic mass is 16.6. The third kappa shape index (κ3) is 4.87. The van der Waals surface area contributed by atoms with Gasteiger partial charge in [0.05, 0.1) is 18.6 Å². The Kier molecular flexibility index (Phi) is 5.95. The lowest BCUT2D eigenvalue weighted by molar-refractivity contribution is -0.384. The quantitative estimate of drug-likeness (QED) is 0.461. The van der Waals surface area contributed by atoms with E-state index >= 15 is 0 Å². The molecule has 2 rings (SSSR count). The molecule has 0 saturated heterocycles. The number of amides is 2. The fourth-order valence-corrected chi connectivity index (χ4v) is 1.94. The average Bonchev–Trinajstić information content (AvgIpc) is 2.59. The molecule has 0 radical (unpaired) electrons. The number of nitro groups is 1. The first-order valence-electron chi connectivity index (χ1n) is 7.15. The third-order valence-electron chi connectivity index (χ3n) is 3.03. The molecule has 2 amide bonds. The summed E-state index contributed by atoms with van der Waals surface area (Å²) in [5, 5.41) is 15.8. The van der Waals surface area contributed by atoms with Crippen LogP contribution in [0, 0.1) is 10.1 Å². The lowest BCUT2D eigenvalue weighted by Crippen LogP contribution is -2.32. The average molecular weight is 331 g/mol. The minimum Gasteiger partial charge on any atom is -0.493 e. The van der Waals surface area contributed by atoms with Crippen molar-refractivity contribution in [1.29, 1.82) is 0 Å². The SMILES string of the molecule is COc1ccccc1OCCNC(=O)Nc1cccc([N+](=O)[O-])c1. The van der Waals surface area contributed by atoms with Gasteiger partial charge in [0, 0.05) is 17.8 Å². The maximum absolute atomic E-state index is 11.8. The molecule has 2 aromatic rings. The Balaban J connectivity index is 1.77. The summed E-state index contributed by atoms with van der Waals surface area (Å²) >= 11 is 0. The zero-order valence-electron chi connectivity index (χ0n) is 13.0. The Labute approximate surface area is 138 Å². The van der Waals surface area contributed by atoms with Crippen molar-refractivity contribution in [2.75, 3.05) is 25.6 Å². The highest BCUT2D eigenvalue weighted by Crippen LogP contribution is 2.25. The minimum atomic E-state index is -0.524.